The molecule has 1 heterocycles. The molecule has 1 rings (SSSR count). The van der Waals surface area contributed by atoms with Gasteiger partial charge in [0.15, 0.2) is 0 Å². The van der Waals surface area contributed by atoms with Crippen LogP contribution in [0, 0.1) is 0 Å². The quantitative estimate of drug-likeness (QED) is 0.843. The minimum atomic E-state index is 0.528. The first kappa shape index (κ1) is 12.1. The second-order valence-electron chi connectivity index (χ2n) is 3.23. The average molecular weight is 322 g/mol. The molecule has 0 radical (unpaired) electrons. The first-order chi connectivity index (χ1) is 6.72. The highest BCUT2D eigenvalue weighted by Crippen LogP contribution is 2.07. The van der Waals surface area contributed by atoms with Gasteiger partial charge in [0.2, 0.25) is 0 Å². The fraction of sp³-hybridized carbons (Fsp3) is 0.500. The van der Waals surface area contributed by atoms with Crippen molar-refractivity contribution in [2.75, 3.05) is 5.33 Å². The zero-order chi connectivity index (χ0) is 10.4. The van der Waals surface area contributed by atoms with Crippen LogP contribution in [0.25, 0.3) is 0 Å². The van der Waals surface area contributed by atoms with Crippen molar-refractivity contribution in [3.8, 4) is 0 Å². The molecule has 1 atom stereocenters. The first-order valence-electron chi connectivity index (χ1n) is 4.62. The van der Waals surface area contributed by atoms with E-state index in [0.29, 0.717) is 6.04 Å². The summed E-state index contributed by atoms with van der Waals surface area (Å²) in [5.41, 5.74) is 1.08. The molecule has 0 aliphatic carbocycles. The van der Waals surface area contributed by atoms with Crippen molar-refractivity contribution >= 4 is 31.9 Å². The molecule has 4 heteroatoms. The number of hydrogen-bond acceptors (Lipinski definition) is 2. The molecule has 0 fully saturated rings. The summed E-state index contributed by atoms with van der Waals surface area (Å²) in [6.45, 7) is 3.02. The van der Waals surface area contributed by atoms with Gasteiger partial charge in [-0.05, 0) is 41.4 Å². The summed E-state index contributed by atoms with van der Waals surface area (Å²) in [5.74, 6) is 0. The molecule has 78 valence electrons. The van der Waals surface area contributed by atoms with Crippen molar-refractivity contribution in [2.24, 2.45) is 0 Å². The van der Waals surface area contributed by atoms with Crippen molar-refractivity contribution < 1.29 is 0 Å². The number of rotatable bonds is 5. The molecule has 0 aliphatic rings. The highest BCUT2D eigenvalue weighted by molar-refractivity contribution is 9.10. The van der Waals surface area contributed by atoms with E-state index < -0.39 is 0 Å². The third kappa shape index (κ3) is 4.53. The summed E-state index contributed by atoms with van der Waals surface area (Å²) in [7, 11) is 0. The van der Waals surface area contributed by atoms with Gasteiger partial charge in [-0.1, -0.05) is 15.9 Å². The Hall–Kier alpha value is 0.0700. The predicted molar refractivity (Wildman–Crippen MR) is 66.6 cm³/mol. The highest BCUT2D eigenvalue weighted by atomic mass is 79.9. The van der Waals surface area contributed by atoms with Crippen LogP contribution in [0.4, 0.5) is 0 Å². The van der Waals surface area contributed by atoms with Crippen LogP contribution >= 0.6 is 31.9 Å². The average Bonchev–Trinajstić information content (AvgIpc) is 2.17. The predicted octanol–water partition coefficient (Wildman–Crippen LogP) is 3.11. The van der Waals surface area contributed by atoms with Crippen LogP contribution in [-0.4, -0.2) is 16.4 Å². The van der Waals surface area contributed by atoms with Gasteiger partial charge in [-0.3, -0.25) is 4.98 Å². The lowest BCUT2D eigenvalue weighted by Crippen LogP contribution is -2.26. The lowest BCUT2D eigenvalue weighted by Gasteiger charge is -2.11. The molecule has 0 aromatic carbocycles. The van der Waals surface area contributed by atoms with Gasteiger partial charge >= 0.3 is 0 Å². The summed E-state index contributed by atoms with van der Waals surface area (Å²) in [6.07, 6.45) is 2.96. The van der Waals surface area contributed by atoms with Gasteiger partial charge in [0, 0.05) is 28.6 Å². The van der Waals surface area contributed by atoms with E-state index in [1.54, 1.807) is 0 Å². The maximum Gasteiger partial charge on any atom is 0.0542 e. The van der Waals surface area contributed by atoms with Gasteiger partial charge in [-0.25, -0.2) is 0 Å². The van der Waals surface area contributed by atoms with E-state index in [-0.39, 0.29) is 0 Å². The van der Waals surface area contributed by atoms with Crippen molar-refractivity contribution in [3.63, 3.8) is 0 Å². The molecule has 0 amide bonds. The molecule has 0 saturated heterocycles. The van der Waals surface area contributed by atoms with Crippen molar-refractivity contribution in [2.45, 2.75) is 25.9 Å². The minimum Gasteiger partial charge on any atom is -0.309 e. The van der Waals surface area contributed by atoms with Crippen LogP contribution in [0.3, 0.4) is 0 Å². The summed E-state index contributed by atoms with van der Waals surface area (Å²) in [5, 5.41) is 4.45. The van der Waals surface area contributed by atoms with Gasteiger partial charge in [0.25, 0.3) is 0 Å². The molecule has 1 N–H and O–H groups in total. The van der Waals surface area contributed by atoms with Crippen LogP contribution in [0.15, 0.2) is 22.8 Å². The van der Waals surface area contributed by atoms with E-state index >= 15 is 0 Å². The number of aromatic nitrogens is 1. The smallest absolute Gasteiger partial charge is 0.0542 e. The monoisotopic (exact) mass is 320 g/mol. The van der Waals surface area contributed by atoms with Gasteiger partial charge in [0.05, 0.1) is 5.69 Å². The van der Waals surface area contributed by atoms with E-state index in [2.05, 4.69) is 49.1 Å². The largest absolute Gasteiger partial charge is 0.309 e. The molecular weight excluding hydrogens is 308 g/mol. The standard InChI is InChI=1S/C10H14Br2N2/c1-8(4-5-11)13-7-10-3-2-9(12)6-14-10/h2-3,6,8,13H,4-5,7H2,1H3. The number of nitrogens with one attached hydrogen (secondary N) is 1. The summed E-state index contributed by atoms with van der Waals surface area (Å²) in [4.78, 5) is 4.29. The summed E-state index contributed by atoms with van der Waals surface area (Å²) >= 11 is 6.79. The zero-order valence-corrected chi connectivity index (χ0v) is 11.3. The second-order valence-corrected chi connectivity index (χ2v) is 4.94. The summed E-state index contributed by atoms with van der Waals surface area (Å²) < 4.78 is 1.02. The Kier molecular flexibility index (Phi) is 5.67. The van der Waals surface area contributed by atoms with E-state index in [4.69, 9.17) is 0 Å². The normalized spacial score (nSPS) is 12.8. The minimum absolute atomic E-state index is 0.528. The van der Waals surface area contributed by atoms with E-state index in [0.717, 1.165) is 28.5 Å². The number of alkyl halides is 1. The fourth-order valence-electron chi connectivity index (χ4n) is 1.06. The van der Waals surface area contributed by atoms with Crippen LogP contribution < -0.4 is 5.32 Å². The van der Waals surface area contributed by atoms with Crippen LogP contribution in [0.5, 0.6) is 0 Å². The number of pyridine rings is 1. The molecular formula is C10H14Br2N2. The van der Waals surface area contributed by atoms with E-state index in [1.165, 1.54) is 0 Å². The van der Waals surface area contributed by atoms with E-state index in [9.17, 15) is 0 Å². The highest BCUT2D eigenvalue weighted by Gasteiger charge is 2.00. The Morgan fingerprint density at radius 3 is 2.86 bits per heavy atom. The number of halogens is 2. The molecule has 1 aromatic heterocycles. The summed E-state index contributed by atoms with van der Waals surface area (Å²) in [6, 6.07) is 4.57. The third-order valence-corrected chi connectivity index (χ3v) is 2.89. The molecule has 0 aliphatic heterocycles. The topological polar surface area (TPSA) is 24.9 Å². The Bertz CT molecular complexity index is 261. The van der Waals surface area contributed by atoms with Crippen LogP contribution in [-0.2, 0) is 6.54 Å². The van der Waals surface area contributed by atoms with Crippen LogP contribution in [0.1, 0.15) is 19.0 Å². The molecule has 1 unspecified atom stereocenters. The van der Waals surface area contributed by atoms with Gasteiger partial charge in [-0.2, -0.15) is 0 Å². The molecule has 14 heavy (non-hydrogen) atoms. The first-order valence-corrected chi connectivity index (χ1v) is 6.53. The lowest BCUT2D eigenvalue weighted by atomic mass is 10.2. The maximum atomic E-state index is 4.29. The number of nitrogens with zero attached hydrogens (tertiary/aromatic N) is 1. The second kappa shape index (κ2) is 6.53. The van der Waals surface area contributed by atoms with Crippen molar-refractivity contribution in [1.82, 2.24) is 10.3 Å². The molecule has 0 bridgehead atoms. The molecule has 0 saturated carbocycles. The number of hydrogen-bond donors (Lipinski definition) is 1. The van der Waals surface area contributed by atoms with Gasteiger partial charge < -0.3 is 5.32 Å². The fourth-order valence-corrected chi connectivity index (χ4v) is 1.98. The molecule has 1 aromatic rings. The zero-order valence-electron chi connectivity index (χ0n) is 8.13. The van der Waals surface area contributed by atoms with Crippen LogP contribution in [0.2, 0.25) is 0 Å². The van der Waals surface area contributed by atoms with Gasteiger partial charge in [-0.15, -0.1) is 0 Å². The Balaban J connectivity index is 2.34. The molecule has 2 nitrogen and oxygen atoms in total. The third-order valence-electron chi connectivity index (χ3n) is 1.96. The van der Waals surface area contributed by atoms with Crippen molar-refractivity contribution in [1.29, 1.82) is 0 Å². The Morgan fingerprint density at radius 2 is 2.29 bits per heavy atom. The molecule has 0 spiro atoms. The van der Waals surface area contributed by atoms with Crippen molar-refractivity contribution in [3.05, 3.63) is 28.5 Å². The van der Waals surface area contributed by atoms with Gasteiger partial charge in [0.1, 0.15) is 0 Å². The maximum absolute atomic E-state index is 4.29. The SMILES string of the molecule is CC(CCBr)NCc1ccc(Br)cn1. The lowest BCUT2D eigenvalue weighted by molar-refractivity contribution is 0.533. The Labute approximate surface area is 102 Å². The van der Waals surface area contributed by atoms with E-state index in [1.807, 2.05) is 18.3 Å². The Morgan fingerprint density at radius 1 is 1.50 bits per heavy atom.